The fourth-order valence-electron chi connectivity index (χ4n) is 5.83. The number of methoxy groups -OCH3 is 2. The number of ether oxygens (including phenoxy) is 5. The molecule has 56 heavy (non-hydrogen) atoms. The molecule has 14 heteroatoms. The lowest BCUT2D eigenvalue weighted by molar-refractivity contribution is -0.149. The van der Waals surface area contributed by atoms with Gasteiger partial charge in [-0.1, -0.05) is 74.9 Å². The molecule has 14 nitrogen and oxygen atoms in total. The molecule has 304 valence electrons. The van der Waals surface area contributed by atoms with E-state index in [2.05, 4.69) is 16.0 Å². The van der Waals surface area contributed by atoms with Gasteiger partial charge in [0, 0.05) is 25.3 Å². The summed E-state index contributed by atoms with van der Waals surface area (Å²) in [5.41, 5.74) is 1.41. The fraction of sp³-hybridized carbons (Fsp3) is 0.452. The molecule has 0 saturated heterocycles. The Bertz CT molecular complexity index is 1600. The number of carbonyl (C=O) groups excluding carboxylic acids is 4. The number of carboxylic acids is 1. The summed E-state index contributed by atoms with van der Waals surface area (Å²) < 4.78 is 29.0. The number of aliphatic carboxylic acids is 1. The molecule has 0 aliphatic heterocycles. The molecular formula is C42H55N3O11. The predicted molar refractivity (Wildman–Crippen MR) is 208 cm³/mol. The lowest BCUT2D eigenvalue weighted by atomic mass is 9.79. The largest absolute Gasteiger partial charge is 0.497 e. The van der Waals surface area contributed by atoms with Crippen LogP contribution < -0.4 is 25.4 Å². The second-order valence-corrected chi connectivity index (χ2v) is 13.0. The number of unbranched alkanes of at least 4 members (excludes halogenated alkanes) is 1. The Labute approximate surface area is 328 Å². The van der Waals surface area contributed by atoms with E-state index >= 15 is 0 Å². The molecule has 1 atom stereocenters. The minimum Gasteiger partial charge on any atom is -0.497 e. The van der Waals surface area contributed by atoms with Gasteiger partial charge >= 0.3 is 18.0 Å². The van der Waals surface area contributed by atoms with Crippen LogP contribution in [-0.4, -0.2) is 88.1 Å². The van der Waals surface area contributed by atoms with Crippen LogP contribution in [0.2, 0.25) is 0 Å². The molecule has 0 aliphatic carbocycles. The standard InChI is InChI=1S/C42H55N3O11/c1-5-37(46)44-26-36(27-45-38(47)6-2)56-41(51)43-25-11-10-12-30(28-54-40(50)24-23-39(48)49)29-55-42(31-13-8-7-9-14-31,32-15-19-34(52-3)20-16-32)33-17-21-35(53-4)22-18-33/h7-9,13-22,30,36H,5-6,10-12,23-29H2,1-4H3,(H,43,51)(H,44,46)(H,45,47)(H,48,49). The van der Waals surface area contributed by atoms with Gasteiger partial charge in [-0.2, -0.15) is 0 Å². The molecule has 0 spiro atoms. The van der Waals surface area contributed by atoms with Crippen LogP contribution in [0, 0.1) is 5.92 Å². The Morgan fingerprint density at radius 3 is 1.71 bits per heavy atom. The summed E-state index contributed by atoms with van der Waals surface area (Å²) in [6.45, 7) is 3.91. The minimum absolute atomic E-state index is 0.0152. The van der Waals surface area contributed by atoms with Gasteiger partial charge in [0.1, 0.15) is 23.2 Å². The van der Waals surface area contributed by atoms with Gasteiger partial charge in [-0.25, -0.2) is 4.79 Å². The molecule has 0 bridgehead atoms. The van der Waals surface area contributed by atoms with E-state index in [1.165, 1.54) is 0 Å². The van der Waals surface area contributed by atoms with Crippen molar-refractivity contribution >= 4 is 29.8 Å². The van der Waals surface area contributed by atoms with Crippen LogP contribution in [0.5, 0.6) is 11.5 Å². The maximum Gasteiger partial charge on any atom is 0.407 e. The molecular weight excluding hydrogens is 722 g/mol. The van der Waals surface area contributed by atoms with Crippen molar-refractivity contribution in [3.05, 3.63) is 95.6 Å². The number of esters is 1. The van der Waals surface area contributed by atoms with Gasteiger partial charge in [0.05, 0.1) is 53.4 Å². The molecule has 3 aromatic rings. The second-order valence-electron chi connectivity index (χ2n) is 13.0. The van der Waals surface area contributed by atoms with Crippen molar-refractivity contribution in [2.75, 3.05) is 47.1 Å². The molecule has 3 amide bonds. The molecule has 0 aliphatic rings. The second kappa shape index (κ2) is 24.0. The topological polar surface area (TPSA) is 188 Å². The first-order valence-electron chi connectivity index (χ1n) is 18.9. The summed E-state index contributed by atoms with van der Waals surface area (Å²) in [7, 11) is 3.20. The Kier molecular flexibility index (Phi) is 19.2. The van der Waals surface area contributed by atoms with Gasteiger partial charge in [-0.05, 0) is 53.8 Å². The van der Waals surface area contributed by atoms with E-state index in [4.69, 9.17) is 28.8 Å². The quantitative estimate of drug-likeness (QED) is 0.0493. The molecule has 1 unspecified atom stereocenters. The zero-order valence-electron chi connectivity index (χ0n) is 32.7. The van der Waals surface area contributed by atoms with Gasteiger partial charge in [-0.3, -0.25) is 19.2 Å². The zero-order valence-corrected chi connectivity index (χ0v) is 32.7. The van der Waals surface area contributed by atoms with Crippen LogP contribution in [0.3, 0.4) is 0 Å². The van der Waals surface area contributed by atoms with Crippen LogP contribution in [-0.2, 0) is 39.0 Å². The van der Waals surface area contributed by atoms with Crippen molar-refractivity contribution in [2.24, 2.45) is 5.92 Å². The van der Waals surface area contributed by atoms with Crippen LogP contribution in [0.25, 0.3) is 0 Å². The number of alkyl carbamates (subject to hydrolysis) is 1. The normalized spacial score (nSPS) is 11.6. The van der Waals surface area contributed by atoms with Crippen LogP contribution in [0.4, 0.5) is 4.79 Å². The first kappa shape index (κ1) is 44.8. The maximum atomic E-state index is 12.7. The third-order valence-corrected chi connectivity index (χ3v) is 9.01. The SMILES string of the molecule is CCC(=O)NCC(CNC(=O)CC)OC(=O)NCCCCC(COC(=O)CCC(=O)O)COC(c1ccccc1)(c1ccc(OC)cc1)c1ccc(OC)cc1. The molecule has 0 aromatic heterocycles. The highest BCUT2D eigenvalue weighted by atomic mass is 16.6. The molecule has 4 N–H and O–H groups in total. The zero-order chi connectivity index (χ0) is 40.8. The summed E-state index contributed by atoms with van der Waals surface area (Å²) >= 11 is 0. The average molecular weight is 778 g/mol. The number of benzene rings is 3. The summed E-state index contributed by atoms with van der Waals surface area (Å²) in [5.74, 6) is -1.10. The number of amides is 3. The molecule has 0 saturated carbocycles. The van der Waals surface area contributed by atoms with E-state index in [1.807, 2.05) is 78.9 Å². The highest BCUT2D eigenvalue weighted by Gasteiger charge is 2.38. The fourth-order valence-corrected chi connectivity index (χ4v) is 5.83. The van der Waals surface area contributed by atoms with Crippen molar-refractivity contribution in [3.63, 3.8) is 0 Å². The molecule has 0 fully saturated rings. The molecule has 0 heterocycles. The van der Waals surface area contributed by atoms with E-state index in [0.717, 1.165) is 16.7 Å². The van der Waals surface area contributed by atoms with Gasteiger partial charge in [0.15, 0.2) is 0 Å². The number of carbonyl (C=O) groups is 5. The number of rotatable bonds is 25. The Morgan fingerprint density at radius 2 is 1.21 bits per heavy atom. The number of nitrogens with one attached hydrogen (secondary N) is 3. The predicted octanol–water partition coefficient (Wildman–Crippen LogP) is 5.35. The lowest BCUT2D eigenvalue weighted by Gasteiger charge is -2.37. The summed E-state index contributed by atoms with van der Waals surface area (Å²) in [4.78, 5) is 59.8. The van der Waals surface area contributed by atoms with Crippen molar-refractivity contribution < 1.29 is 52.8 Å². The Hall–Kier alpha value is -5.63. The highest BCUT2D eigenvalue weighted by Crippen LogP contribution is 2.42. The first-order chi connectivity index (χ1) is 27.0. The minimum atomic E-state index is -1.11. The summed E-state index contributed by atoms with van der Waals surface area (Å²) in [6.07, 6.45) is 0.166. The van der Waals surface area contributed by atoms with Crippen molar-refractivity contribution in [1.29, 1.82) is 0 Å². The number of hydrogen-bond donors (Lipinski definition) is 4. The number of carboxylic acid groups (broad SMARTS) is 1. The van der Waals surface area contributed by atoms with Crippen LogP contribution >= 0.6 is 0 Å². The third kappa shape index (κ3) is 14.5. The maximum absolute atomic E-state index is 12.7. The summed E-state index contributed by atoms with van der Waals surface area (Å²) in [6, 6.07) is 25.0. The van der Waals surface area contributed by atoms with Gasteiger partial charge < -0.3 is 44.7 Å². The van der Waals surface area contributed by atoms with E-state index in [-0.39, 0.29) is 76.3 Å². The lowest BCUT2D eigenvalue weighted by Crippen LogP contribution is -2.44. The summed E-state index contributed by atoms with van der Waals surface area (Å²) in [5, 5.41) is 17.2. The first-order valence-corrected chi connectivity index (χ1v) is 18.9. The third-order valence-electron chi connectivity index (χ3n) is 9.01. The van der Waals surface area contributed by atoms with Crippen molar-refractivity contribution in [2.45, 2.75) is 70.5 Å². The average Bonchev–Trinajstić information content (AvgIpc) is 3.23. The van der Waals surface area contributed by atoms with E-state index in [9.17, 15) is 24.0 Å². The monoisotopic (exact) mass is 777 g/mol. The van der Waals surface area contributed by atoms with Gasteiger partial charge in [0.25, 0.3) is 0 Å². The molecule has 3 rings (SSSR count). The van der Waals surface area contributed by atoms with Crippen molar-refractivity contribution in [1.82, 2.24) is 16.0 Å². The number of hydrogen-bond acceptors (Lipinski definition) is 10. The molecule has 3 aromatic carbocycles. The van der Waals surface area contributed by atoms with Crippen LogP contribution in [0.1, 0.15) is 75.5 Å². The highest BCUT2D eigenvalue weighted by molar-refractivity contribution is 5.77. The van der Waals surface area contributed by atoms with Crippen LogP contribution in [0.15, 0.2) is 78.9 Å². The van der Waals surface area contributed by atoms with Gasteiger partial charge in [0.2, 0.25) is 11.8 Å². The van der Waals surface area contributed by atoms with E-state index in [1.54, 1.807) is 28.1 Å². The Balaban J connectivity index is 1.79. The smallest absolute Gasteiger partial charge is 0.407 e. The molecule has 0 radical (unpaired) electrons. The van der Waals surface area contributed by atoms with E-state index in [0.29, 0.717) is 30.8 Å². The Morgan fingerprint density at radius 1 is 0.679 bits per heavy atom. The van der Waals surface area contributed by atoms with E-state index < -0.39 is 29.7 Å². The van der Waals surface area contributed by atoms with Crippen molar-refractivity contribution in [3.8, 4) is 11.5 Å². The van der Waals surface area contributed by atoms with Gasteiger partial charge in [-0.15, -0.1) is 0 Å².